The van der Waals surface area contributed by atoms with Gasteiger partial charge in [0.05, 0.1) is 0 Å². The molecular weight excluding hydrogens is 175 g/mol. The van der Waals surface area contributed by atoms with Gasteiger partial charge in [-0.1, -0.05) is 33.8 Å². The van der Waals surface area contributed by atoms with E-state index in [0.29, 0.717) is 5.92 Å². The Balaban J connectivity index is 0.000000791. The second-order valence-corrected chi connectivity index (χ2v) is 3.61. The molecule has 0 aliphatic carbocycles. The molecular formula is C13H21F. The molecule has 0 N–H and O–H groups in total. The Labute approximate surface area is 87.2 Å². The lowest BCUT2D eigenvalue weighted by molar-refractivity contribution is 0.613. The summed E-state index contributed by atoms with van der Waals surface area (Å²) < 4.78 is 13.1. The van der Waals surface area contributed by atoms with Gasteiger partial charge in [-0.25, -0.2) is 4.39 Å². The summed E-state index contributed by atoms with van der Waals surface area (Å²) in [5.74, 6) is 0.310. The van der Waals surface area contributed by atoms with Crippen LogP contribution in [0.1, 0.15) is 50.3 Å². The lowest BCUT2D eigenvalue weighted by Crippen LogP contribution is -1.95. The van der Waals surface area contributed by atoms with Crippen molar-refractivity contribution >= 4 is 0 Å². The first-order valence-corrected chi connectivity index (χ1v) is 5.29. The monoisotopic (exact) mass is 196 g/mol. The fraction of sp³-hybridized carbons (Fsp3) is 0.538. The quantitative estimate of drug-likeness (QED) is 0.616. The second kappa shape index (κ2) is 5.79. The molecule has 0 amide bonds. The van der Waals surface area contributed by atoms with Gasteiger partial charge in [-0.2, -0.15) is 0 Å². The summed E-state index contributed by atoms with van der Waals surface area (Å²) in [4.78, 5) is 0. The van der Waals surface area contributed by atoms with E-state index in [2.05, 4.69) is 13.8 Å². The first kappa shape index (κ1) is 13.2. The fourth-order valence-corrected chi connectivity index (χ4v) is 1.46. The molecule has 14 heavy (non-hydrogen) atoms. The standard InChI is InChI=1S/C11H15F.C2H6/c1-7(2)10-6-11(12)9(4)5-8(10)3;1-2/h5-7H,1-4H3;1-2H3. The molecule has 0 nitrogen and oxygen atoms in total. The predicted molar refractivity (Wildman–Crippen MR) is 61.3 cm³/mol. The molecule has 0 heterocycles. The molecule has 0 saturated heterocycles. The minimum atomic E-state index is -0.0932. The third kappa shape index (κ3) is 3.13. The van der Waals surface area contributed by atoms with Gasteiger partial charge in [-0.15, -0.1) is 0 Å². The Hall–Kier alpha value is -0.850. The van der Waals surface area contributed by atoms with Gasteiger partial charge in [0.25, 0.3) is 0 Å². The first-order valence-electron chi connectivity index (χ1n) is 5.29. The zero-order chi connectivity index (χ0) is 11.3. The predicted octanol–water partition coefficient (Wildman–Crippen LogP) is 4.59. The summed E-state index contributed by atoms with van der Waals surface area (Å²) >= 11 is 0. The zero-order valence-electron chi connectivity index (χ0n) is 10.1. The number of halogens is 1. The van der Waals surface area contributed by atoms with E-state index in [4.69, 9.17) is 0 Å². The summed E-state index contributed by atoms with van der Waals surface area (Å²) in [5, 5.41) is 0. The first-order chi connectivity index (χ1) is 6.52. The highest BCUT2D eigenvalue weighted by atomic mass is 19.1. The summed E-state index contributed by atoms with van der Waals surface area (Å²) in [5.41, 5.74) is 3.03. The third-order valence-corrected chi connectivity index (χ3v) is 2.17. The maximum atomic E-state index is 13.1. The minimum absolute atomic E-state index is 0.0932. The molecule has 1 aromatic carbocycles. The van der Waals surface area contributed by atoms with Gasteiger partial charge in [0.1, 0.15) is 5.82 Å². The van der Waals surface area contributed by atoms with Crippen LogP contribution in [-0.2, 0) is 0 Å². The Kier molecular flexibility index (Phi) is 5.44. The molecule has 0 radical (unpaired) electrons. The molecule has 0 bridgehead atoms. The summed E-state index contributed by atoms with van der Waals surface area (Å²) in [6.45, 7) is 12.0. The third-order valence-electron chi connectivity index (χ3n) is 2.17. The van der Waals surface area contributed by atoms with E-state index in [0.717, 1.165) is 11.1 Å². The van der Waals surface area contributed by atoms with Crippen molar-refractivity contribution in [3.8, 4) is 0 Å². The van der Waals surface area contributed by atoms with Crippen LogP contribution in [0.15, 0.2) is 12.1 Å². The van der Waals surface area contributed by atoms with Gasteiger partial charge in [0, 0.05) is 0 Å². The van der Waals surface area contributed by atoms with Crippen molar-refractivity contribution in [1.82, 2.24) is 0 Å². The van der Waals surface area contributed by atoms with Crippen LogP contribution < -0.4 is 0 Å². The Morgan fingerprint density at radius 2 is 1.50 bits per heavy atom. The van der Waals surface area contributed by atoms with Crippen molar-refractivity contribution in [2.45, 2.75) is 47.5 Å². The Morgan fingerprint density at radius 3 is 1.93 bits per heavy atom. The molecule has 0 aliphatic heterocycles. The SMILES string of the molecule is CC.Cc1cc(C)c(C(C)C)cc1F. The van der Waals surface area contributed by atoms with E-state index in [9.17, 15) is 4.39 Å². The van der Waals surface area contributed by atoms with Crippen LogP contribution in [0, 0.1) is 19.7 Å². The fourth-order valence-electron chi connectivity index (χ4n) is 1.46. The highest BCUT2D eigenvalue weighted by Gasteiger charge is 2.06. The molecule has 0 fully saturated rings. The average Bonchev–Trinajstić information content (AvgIpc) is 2.14. The van der Waals surface area contributed by atoms with Crippen LogP contribution in [0.2, 0.25) is 0 Å². The van der Waals surface area contributed by atoms with E-state index >= 15 is 0 Å². The average molecular weight is 196 g/mol. The van der Waals surface area contributed by atoms with E-state index in [1.165, 1.54) is 5.56 Å². The highest BCUT2D eigenvalue weighted by molar-refractivity contribution is 5.33. The molecule has 0 atom stereocenters. The van der Waals surface area contributed by atoms with E-state index in [1.807, 2.05) is 26.8 Å². The maximum Gasteiger partial charge on any atom is 0.126 e. The molecule has 0 aliphatic rings. The molecule has 1 aromatic rings. The van der Waals surface area contributed by atoms with Gasteiger partial charge >= 0.3 is 0 Å². The summed E-state index contributed by atoms with van der Waals surface area (Å²) in [6, 6.07) is 3.56. The molecule has 0 saturated carbocycles. The number of aryl methyl sites for hydroxylation is 2. The van der Waals surface area contributed by atoms with Crippen molar-refractivity contribution in [1.29, 1.82) is 0 Å². The topological polar surface area (TPSA) is 0 Å². The van der Waals surface area contributed by atoms with Gasteiger partial charge < -0.3 is 0 Å². The molecule has 1 heteroatoms. The lowest BCUT2D eigenvalue weighted by Gasteiger charge is -2.10. The van der Waals surface area contributed by atoms with Gasteiger partial charge in [0.15, 0.2) is 0 Å². The molecule has 80 valence electrons. The number of hydrogen-bond acceptors (Lipinski definition) is 0. The van der Waals surface area contributed by atoms with Crippen LogP contribution >= 0.6 is 0 Å². The highest BCUT2D eigenvalue weighted by Crippen LogP contribution is 2.21. The molecule has 0 spiro atoms. The Bertz CT molecular complexity index is 288. The van der Waals surface area contributed by atoms with Gasteiger partial charge in [-0.05, 0) is 42.5 Å². The van der Waals surface area contributed by atoms with E-state index in [1.54, 1.807) is 13.0 Å². The van der Waals surface area contributed by atoms with Crippen molar-refractivity contribution in [2.24, 2.45) is 0 Å². The minimum Gasteiger partial charge on any atom is -0.207 e. The van der Waals surface area contributed by atoms with Crippen LogP contribution in [0.25, 0.3) is 0 Å². The lowest BCUT2D eigenvalue weighted by atomic mass is 9.96. The van der Waals surface area contributed by atoms with Crippen LogP contribution in [0.4, 0.5) is 4.39 Å². The Morgan fingerprint density at radius 1 is 1.00 bits per heavy atom. The molecule has 0 aromatic heterocycles. The van der Waals surface area contributed by atoms with E-state index < -0.39 is 0 Å². The van der Waals surface area contributed by atoms with Crippen LogP contribution in [-0.4, -0.2) is 0 Å². The molecule has 0 unspecified atom stereocenters. The maximum absolute atomic E-state index is 13.1. The summed E-state index contributed by atoms with van der Waals surface area (Å²) in [6.07, 6.45) is 0. The van der Waals surface area contributed by atoms with E-state index in [-0.39, 0.29) is 5.82 Å². The van der Waals surface area contributed by atoms with Crippen molar-refractivity contribution in [3.63, 3.8) is 0 Å². The normalized spacial score (nSPS) is 9.71. The van der Waals surface area contributed by atoms with Crippen molar-refractivity contribution < 1.29 is 4.39 Å². The number of benzene rings is 1. The molecule has 1 rings (SSSR count). The van der Waals surface area contributed by atoms with Gasteiger partial charge in [-0.3, -0.25) is 0 Å². The van der Waals surface area contributed by atoms with Crippen LogP contribution in [0.5, 0.6) is 0 Å². The van der Waals surface area contributed by atoms with Gasteiger partial charge in [0.2, 0.25) is 0 Å². The summed E-state index contributed by atoms with van der Waals surface area (Å²) in [7, 11) is 0. The van der Waals surface area contributed by atoms with Crippen molar-refractivity contribution in [3.05, 3.63) is 34.6 Å². The number of rotatable bonds is 1. The second-order valence-electron chi connectivity index (χ2n) is 3.61. The van der Waals surface area contributed by atoms with Crippen molar-refractivity contribution in [2.75, 3.05) is 0 Å². The zero-order valence-corrected chi connectivity index (χ0v) is 10.1. The smallest absolute Gasteiger partial charge is 0.126 e. The number of hydrogen-bond donors (Lipinski definition) is 0. The largest absolute Gasteiger partial charge is 0.207 e. The van der Waals surface area contributed by atoms with Crippen LogP contribution in [0.3, 0.4) is 0 Å².